The molecule has 1 aliphatic rings. The Morgan fingerprint density at radius 2 is 1.72 bits per heavy atom. The molecule has 0 bridgehead atoms. The van der Waals surface area contributed by atoms with Crippen LogP contribution in [-0.2, 0) is 9.59 Å². The van der Waals surface area contributed by atoms with E-state index in [1.165, 1.54) is 0 Å². The summed E-state index contributed by atoms with van der Waals surface area (Å²) < 4.78 is 5.65. The molecule has 0 spiro atoms. The van der Waals surface area contributed by atoms with Crippen LogP contribution in [0.5, 0.6) is 5.75 Å². The van der Waals surface area contributed by atoms with Crippen molar-refractivity contribution in [3.63, 3.8) is 0 Å². The van der Waals surface area contributed by atoms with Gasteiger partial charge < -0.3 is 14.5 Å². The van der Waals surface area contributed by atoms with Crippen molar-refractivity contribution in [1.82, 2.24) is 9.80 Å². The highest BCUT2D eigenvalue weighted by molar-refractivity contribution is 6.30. The quantitative estimate of drug-likeness (QED) is 0.646. The second-order valence-corrected chi connectivity index (χ2v) is 7.69. The van der Waals surface area contributed by atoms with Crippen molar-refractivity contribution in [2.75, 3.05) is 26.2 Å². The third kappa shape index (κ3) is 5.97. The minimum Gasteiger partial charge on any atom is -0.484 e. The Hall–Kier alpha value is -2.53. The molecule has 2 aromatic rings. The first kappa shape index (κ1) is 21.2. The number of nitrogens with zero attached hydrogens (tertiary/aromatic N) is 2. The van der Waals surface area contributed by atoms with Crippen molar-refractivity contribution in [3.8, 4) is 5.75 Å². The molecule has 6 heteroatoms. The SMILES string of the molecule is CC(c1ccccc1)N(CCC(=O)N1CCCC1)C(=O)COc1ccc(Cl)cc1. The van der Waals surface area contributed by atoms with E-state index in [2.05, 4.69) is 0 Å². The van der Waals surface area contributed by atoms with E-state index in [4.69, 9.17) is 16.3 Å². The normalized spacial score (nSPS) is 14.5. The number of likely N-dealkylation sites (tertiary alicyclic amines) is 1. The first-order chi connectivity index (χ1) is 14.0. The first-order valence-electron chi connectivity index (χ1n) is 10.0. The molecule has 0 aromatic heterocycles. The van der Waals surface area contributed by atoms with E-state index in [0.29, 0.717) is 23.7 Å². The number of carbonyl (C=O) groups is 2. The Morgan fingerprint density at radius 3 is 2.38 bits per heavy atom. The molecule has 1 fully saturated rings. The van der Waals surface area contributed by atoms with Gasteiger partial charge in [-0.15, -0.1) is 0 Å². The van der Waals surface area contributed by atoms with Gasteiger partial charge in [-0.25, -0.2) is 0 Å². The molecule has 1 unspecified atom stereocenters. The fraction of sp³-hybridized carbons (Fsp3) is 0.391. The zero-order chi connectivity index (χ0) is 20.6. The Kier molecular flexibility index (Phi) is 7.53. The van der Waals surface area contributed by atoms with Crippen molar-refractivity contribution < 1.29 is 14.3 Å². The third-order valence-corrected chi connectivity index (χ3v) is 5.52. The summed E-state index contributed by atoms with van der Waals surface area (Å²) in [6, 6.07) is 16.6. The molecule has 0 aliphatic carbocycles. The second-order valence-electron chi connectivity index (χ2n) is 7.25. The van der Waals surface area contributed by atoms with Crippen LogP contribution in [0.1, 0.15) is 37.8 Å². The van der Waals surface area contributed by atoms with E-state index in [-0.39, 0.29) is 24.5 Å². The summed E-state index contributed by atoms with van der Waals surface area (Å²) in [5.41, 5.74) is 1.03. The first-order valence-corrected chi connectivity index (χ1v) is 10.4. The van der Waals surface area contributed by atoms with Crippen LogP contribution in [0.3, 0.4) is 0 Å². The molecule has 3 rings (SSSR count). The van der Waals surface area contributed by atoms with E-state index in [1.54, 1.807) is 29.2 Å². The molecular formula is C23H27ClN2O3. The lowest BCUT2D eigenvalue weighted by Gasteiger charge is -2.30. The van der Waals surface area contributed by atoms with Crippen molar-refractivity contribution in [2.45, 2.75) is 32.2 Å². The highest BCUT2D eigenvalue weighted by atomic mass is 35.5. The van der Waals surface area contributed by atoms with E-state index in [1.807, 2.05) is 42.2 Å². The van der Waals surface area contributed by atoms with Crippen molar-refractivity contribution in [3.05, 3.63) is 65.2 Å². The van der Waals surface area contributed by atoms with Crippen molar-refractivity contribution in [1.29, 1.82) is 0 Å². The Labute approximate surface area is 177 Å². The van der Waals surface area contributed by atoms with Gasteiger partial charge in [0.2, 0.25) is 5.91 Å². The molecule has 1 aliphatic heterocycles. The molecule has 1 atom stereocenters. The zero-order valence-corrected chi connectivity index (χ0v) is 17.5. The van der Waals surface area contributed by atoms with Gasteiger partial charge in [-0.05, 0) is 49.6 Å². The maximum atomic E-state index is 13.0. The van der Waals surface area contributed by atoms with E-state index in [0.717, 1.165) is 31.5 Å². The molecule has 2 amide bonds. The van der Waals surface area contributed by atoms with Crippen LogP contribution in [0.2, 0.25) is 5.02 Å². The number of halogens is 1. The van der Waals surface area contributed by atoms with Crippen LogP contribution in [0.25, 0.3) is 0 Å². The smallest absolute Gasteiger partial charge is 0.261 e. The fourth-order valence-electron chi connectivity index (χ4n) is 3.55. The molecule has 29 heavy (non-hydrogen) atoms. The average molecular weight is 415 g/mol. The van der Waals surface area contributed by atoms with Gasteiger partial charge in [-0.1, -0.05) is 41.9 Å². The van der Waals surface area contributed by atoms with Crippen LogP contribution in [0, 0.1) is 0 Å². The summed E-state index contributed by atoms with van der Waals surface area (Å²) >= 11 is 5.89. The van der Waals surface area contributed by atoms with Crippen LogP contribution < -0.4 is 4.74 Å². The molecule has 1 saturated heterocycles. The summed E-state index contributed by atoms with van der Waals surface area (Å²) in [6.45, 7) is 3.90. The predicted octanol–water partition coefficient (Wildman–Crippen LogP) is 4.32. The number of amides is 2. The second kappa shape index (κ2) is 10.3. The summed E-state index contributed by atoms with van der Waals surface area (Å²) in [6.07, 6.45) is 2.44. The minimum atomic E-state index is -0.149. The summed E-state index contributed by atoms with van der Waals surface area (Å²) in [5, 5.41) is 0.614. The predicted molar refractivity (Wildman–Crippen MR) is 114 cm³/mol. The third-order valence-electron chi connectivity index (χ3n) is 5.27. The maximum Gasteiger partial charge on any atom is 0.261 e. The van der Waals surface area contributed by atoms with E-state index in [9.17, 15) is 9.59 Å². The van der Waals surface area contributed by atoms with Gasteiger partial charge in [0, 0.05) is 31.1 Å². The summed E-state index contributed by atoms with van der Waals surface area (Å²) in [5.74, 6) is 0.549. The summed E-state index contributed by atoms with van der Waals surface area (Å²) in [7, 11) is 0. The number of ether oxygens (including phenoxy) is 1. The van der Waals surface area contributed by atoms with Gasteiger partial charge in [0.25, 0.3) is 5.91 Å². The van der Waals surface area contributed by atoms with Gasteiger partial charge in [0.05, 0.1) is 6.04 Å². The number of hydrogen-bond donors (Lipinski definition) is 0. The Morgan fingerprint density at radius 1 is 1.07 bits per heavy atom. The molecule has 154 valence electrons. The molecule has 5 nitrogen and oxygen atoms in total. The van der Waals surface area contributed by atoms with Crippen molar-refractivity contribution >= 4 is 23.4 Å². The topological polar surface area (TPSA) is 49.9 Å². The minimum absolute atomic E-state index is 0.0866. The Balaban J connectivity index is 1.66. The van der Waals surface area contributed by atoms with Crippen LogP contribution >= 0.6 is 11.6 Å². The lowest BCUT2D eigenvalue weighted by atomic mass is 10.1. The van der Waals surface area contributed by atoms with Crippen molar-refractivity contribution in [2.24, 2.45) is 0 Å². The van der Waals surface area contributed by atoms with Crippen LogP contribution in [-0.4, -0.2) is 47.9 Å². The van der Waals surface area contributed by atoms with Gasteiger partial charge in [0.1, 0.15) is 5.75 Å². The van der Waals surface area contributed by atoms with Crippen LogP contribution in [0.4, 0.5) is 0 Å². The molecule has 1 heterocycles. The number of hydrogen-bond acceptors (Lipinski definition) is 3. The van der Waals surface area contributed by atoms with Crippen LogP contribution in [0.15, 0.2) is 54.6 Å². The highest BCUT2D eigenvalue weighted by Crippen LogP contribution is 2.22. The maximum absolute atomic E-state index is 13.0. The van der Waals surface area contributed by atoms with Gasteiger partial charge in [-0.2, -0.15) is 0 Å². The largest absolute Gasteiger partial charge is 0.484 e. The van der Waals surface area contributed by atoms with Gasteiger partial charge >= 0.3 is 0 Å². The number of rotatable bonds is 8. The standard InChI is InChI=1S/C23H27ClN2O3/c1-18(19-7-3-2-4-8-19)26(16-13-22(27)25-14-5-6-15-25)23(28)17-29-21-11-9-20(24)10-12-21/h2-4,7-12,18H,5-6,13-17H2,1H3. The lowest BCUT2D eigenvalue weighted by Crippen LogP contribution is -2.40. The average Bonchev–Trinajstić information content (AvgIpc) is 3.29. The van der Waals surface area contributed by atoms with E-state index >= 15 is 0 Å². The molecule has 0 saturated carbocycles. The summed E-state index contributed by atoms with van der Waals surface area (Å²) in [4.78, 5) is 29.1. The molecule has 2 aromatic carbocycles. The monoisotopic (exact) mass is 414 g/mol. The lowest BCUT2D eigenvalue weighted by molar-refractivity contribution is -0.137. The molecular weight excluding hydrogens is 388 g/mol. The van der Waals surface area contributed by atoms with Gasteiger partial charge in [0.15, 0.2) is 6.61 Å². The fourth-order valence-corrected chi connectivity index (χ4v) is 3.67. The highest BCUT2D eigenvalue weighted by Gasteiger charge is 2.25. The molecule has 0 N–H and O–H groups in total. The zero-order valence-electron chi connectivity index (χ0n) is 16.7. The molecule has 0 radical (unpaired) electrons. The number of carbonyl (C=O) groups excluding carboxylic acids is 2. The van der Waals surface area contributed by atoms with E-state index < -0.39 is 0 Å². The number of benzene rings is 2. The Bertz CT molecular complexity index is 805. The van der Waals surface area contributed by atoms with Gasteiger partial charge in [-0.3, -0.25) is 9.59 Å².